The number of nitrogens with zero attached hydrogens (tertiary/aromatic N) is 4. The maximum Gasteiger partial charge on any atom is 0.222 e. The van der Waals surface area contributed by atoms with Gasteiger partial charge in [0.05, 0.1) is 17.9 Å². The van der Waals surface area contributed by atoms with Crippen LogP contribution >= 0.6 is 0 Å². The Hall–Kier alpha value is -1.91. The van der Waals surface area contributed by atoms with Crippen LogP contribution in [0.1, 0.15) is 30.9 Å². The second kappa shape index (κ2) is 5.62. The van der Waals surface area contributed by atoms with Gasteiger partial charge in [0, 0.05) is 18.9 Å². The Bertz CT molecular complexity index is 518. The van der Waals surface area contributed by atoms with Gasteiger partial charge in [-0.3, -0.25) is 4.68 Å². The maximum atomic E-state index is 4.59. The van der Waals surface area contributed by atoms with Crippen LogP contribution in [-0.4, -0.2) is 26.8 Å². The molecular weight excluding hydrogens is 226 g/mol. The van der Waals surface area contributed by atoms with E-state index in [2.05, 4.69) is 40.3 Å². The molecule has 18 heavy (non-hydrogen) atoms. The second-order valence-electron chi connectivity index (χ2n) is 4.11. The highest BCUT2D eigenvalue weighted by atomic mass is 15.3. The van der Waals surface area contributed by atoms with E-state index in [1.165, 1.54) is 5.69 Å². The van der Waals surface area contributed by atoms with Crippen molar-refractivity contribution in [2.75, 3.05) is 12.4 Å². The molecule has 0 unspecified atom stereocenters. The molecule has 0 aliphatic carbocycles. The third-order valence-corrected chi connectivity index (χ3v) is 2.89. The number of rotatable bonds is 5. The van der Waals surface area contributed by atoms with Gasteiger partial charge in [-0.15, -0.1) is 0 Å². The Balaban J connectivity index is 2.24. The lowest BCUT2D eigenvalue weighted by Crippen LogP contribution is -2.08. The van der Waals surface area contributed by atoms with E-state index in [4.69, 9.17) is 0 Å². The normalized spacial score (nSPS) is 10.6. The molecule has 0 saturated heterocycles. The van der Waals surface area contributed by atoms with Crippen molar-refractivity contribution in [3.05, 3.63) is 35.4 Å². The third-order valence-electron chi connectivity index (χ3n) is 2.89. The summed E-state index contributed by atoms with van der Waals surface area (Å²) in [6, 6.07) is 4.09. The molecule has 1 N–H and O–H groups in total. The van der Waals surface area contributed by atoms with Gasteiger partial charge in [0.1, 0.15) is 0 Å². The first-order valence-corrected chi connectivity index (χ1v) is 6.32. The first-order chi connectivity index (χ1) is 8.76. The van der Waals surface area contributed by atoms with Crippen LogP contribution in [0.5, 0.6) is 0 Å². The Morgan fingerprint density at radius 1 is 1.22 bits per heavy atom. The van der Waals surface area contributed by atoms with E-state index in [1.54, 1.807) is 6.20 Å². The van der Waals surface area contributed by atoms with Crippen molar-refractivity contribution in [2.45, 2.75) is 33.2 Å². The Morgan fingerprint density at radius 3 is 2.72 bits per heavy atom. The first-order valence-electron chi connectivity index (χ1n) is 6.32. The van der Waals surface area contributed by atoms with Crippen molar-refractivity contribution in [3.8, 4) is 0 Å². The third kappa shape index (κ3) is 2.67. The largest absolute Gasteiger partial charge is 0.357 e. The topological polar surface area (TPSA) is 55.6 Å². The van der Waals surface area contributed by atoms with E-state index < -0.39 is 0 Å². The minimum atomic E-state index is 0.647. The molecule has 2 heterocycles. The minimum Gasteiger partial charge on any atom is -0.357 e. The molecule has 5 heteroatoms. The quantitative estimate of drug-likeness (QED) is 0.874. The molecule has 2 aromatic heterocycles. The molecule has 0 radical (unpaired) electrons. The van der Waals surface area contributed by atoms with E-state index >= 15 is 0 Å². The number of hydrogen-bond acceptors (Lipinski definition) is 4. The van der Waals surface area contributed by atoms with Gasteiger partial charge in [0.25, 0.3) is 0 Å². The predicted octanol–water partition coefficient (Wildman–Crippen LogP) is 1.89. The summed E-state index contributed by atoms with van der Waals surface area (Å²) in [5.41, 5.74) is 3.35. The molecular formula is C13H19N5. The number of aromatic nitrogens is 4. The van der Waals surface area contributed by atoms with E-state index in [1.807, 2.05) is 17.8 Å². The Morgan fingerprint density at radius 2 is 2.06 bits per heavy atom. The van der Waals surface area contributed by atoms with Crippen molar-refractivity contribution in [2.24, 2.45) is 0 Å². The van der Waals surface area contributed by atoms with E-state index in [-0.39, 0.29) is 0 Å². The average molecular weight is 245 g/mol. The van der Waals surface area contributed by atoms with Crippen LogP contribution in [0, 0.1) is 0 Å². The fourth-order valence-corrected chi connectivity index (χ4v) is 1.87. The zero-order chi connectivity index (χ0) is 13.0. The summed E-state index contributed by atoms with van der Waals surface area (Å²) in [4.78, 5) is 8.53. The highest BCUT2D eigenvalue weighted by Gasteiger charge is 2.07. The Labute approximate surface area is 107 Å². The zero-order valence-corrected chi connectivity index (χ0v) is 11.1. The van der Waals surface area contributed by atoms with Crippen molar-refractivity contribution in [1.82, 2.24) is 19.7 Å². The van der Waals surface area contributed by atoms with Gasteiger partial charge < -0.3 is 5.32 Å². The molecule has 0 saturated carbocycles. The molecule has 0 bridgehead atoms. The van der Waals surface area contributed by atoms with Crippen LogP contribution in [0.25, 0.3) is 0 Å². The van der Waals surface area contributed by atoms with Gasteiger partial charge in [-0.1, -0.05) is 13.8 Å². The van der Waals surface area contributed by atoms with Crippen molar-refractivity contribution in [3.63, 3.8) is 0 Å². The van der Waals surface area contributed by atoms with Gasteiger partial charge >= 0.3 is 0 Å². The first kappa shape index (κ1) is 12.5. The standard InChI is InChI=1S/C13H19N5/c1-4-10-8-12(5-2)18(17-10)9-11-6-7-15-13(14-3)16-11/h6-8H,4-5,9H2,1-3H3,(H,14,15,16). The van der Waals surface area contributed by atoms with Gasteiger partial charge in [0.15, 0.2) is 0 Å². The lowest BCUT2D eigenvalue weighted by Gasteiger charge is -2.06. The summed E-state index contributed by atoms with van der Waals surface area (Å²) >= 11 is 0. The number of hydrogen-bond donors (Lipinski definition) is 1. The van der Waals surface area contributed by atoms with Gasteiger partial charge in [-0.05, 0) is 25.0 Å². The summed E-state index contributed by atoms with van der Waals surface area (Å²) in [6.45, 7) is 4.96. The van der Waals surface area contributed by atoms with Crippen molar-refractivity contribution in [1.29, 1.82) is 0 Å². The predicted molar refractivity (Wildman–Crippen MR) is 71.7 cm³/mol. The van der Waals surface area contributed by atoms with Gasteiger partial charge in [0.2, 0.25) is 5.95 Å². The molecule has 0 atom stereocenters. The fraction of sp³-hybridized carbons (Fsp3) is 0.462. The van der Waals surface area contributed by atoms with Crippen LogP contribution < -0.4 is 5.32 Å². The maximum absolute atomic E-state index is 4.59. The average Bonchev–Trinajstić information content (AvgIpc) is 2.81. The lowest BCUT2D eigenvalue weighted by molar-refractivity contribution is 0.629. The van der Waals surface area contributed by atoms with Crippen molar-refractivity contribution >= 4 is 5.95 Å². The van der Waals surface area contributed by atoms with Crippen molar-refractivity contribution < 1.29 is 0 Å². The summed E-state index contributed by atoms with van der Waals surface area (Å²) in [5, 5.41) is 7.53. The summed E-state index contributed by atoms with van der Waals surface area (Å²) < 4.78 is 2.03. The van der Waals surface area contributed by atoms with Crippen LogP contribution in [0.2, 0.25) is 0 Å². The molecule has 5 nitrogen and oxygen atoms in total. The molecule has 0 spiro atoms. The Kier molecular flexibility index (Phi) is 3.92. The number of nitrogens with one attached hydrogen (secondary N) is 1. The van der Waals surface area contributed by atoms with E-state index in [0.29, 0.717) is 12.5 Å². The molecule has 96 valence electrons. The smallest absolute Gasteiger partial charge is 0.222 e. The highest BCUT2D eigenvalue weighted by Crippen LogP contribution is 2.09. The molecule has 0 fully saturated rings. The summed E-state index contributed by atoms with van der Waals surface area (Å²) in [6.07, 6.45) is 3.71. The molecule has 0 aliphatic heterocycles. The summed E-state index contributed by atoms with van der Waals surface area (Å²) in [7, 11) is 1.82. The number of aryl methyl sites for hydroxylation is 2. The van der Waals surface area contributed by atoms with E-state index in [0.717, 1.165) is 24.2 Å². The molecule has 2 aromatic rings. The van der Waals surface area contributed by atoms with Crippen LogP contribution in [0.4, 0.5) is 5.95 Å². The van der Waals surface area contributed by atoms with Crippen LogP contribution in [-0.2, 0) is 19.4 Å². The highest BCUT2D eigenvalue weighted by molar-refractivity contribution is 5.24. The van der Waals surface area contributed by atoms with Gasteiger partial charge in [-0.25, -0.2) is 9.97 Å². The fourth-order valence-electron chi connectivity index (χ4n) is 1.87. The molecule has 0 amide bonds. The molecule has 0 aromatic carbocycles. The van der Waals surface area contributed by atoms with Crippen LogP contribution in [0.3, 0.4) is 0 Å². The number of anilines is 1. The second-order valence-corrected chi connectivity index (χ2v) is 4.11. The molecule has 0 aliphatic rings. The van der Waals surface area contributed by atoms with Gasteiger partial charge in [-0.2, -0.15) is 5.10 Å². The lowest BCUT2D eigenvalue weighted by atomic mass is 10.2. The monoisotopic (exact) mass is 245 g/mol. The summed E-state index contributed by atoms with van der Waals surface area (Å²) in [5.74, 6) is 0.647. The zero-order valence-electron chi connectivity index (χ0n) is 11.1. The van der Waals surface area contributed by atoms with E-state index in [9.17, 15) is 0 Å². The SMILES string of the molecule is CCc1cc(CC)n(Cc2ccnc(NC)n2)n1. The molecule has 2 rings (SSSR count). The minimum absolute atomic E-state index is 0.647. The van der Waals surface area contributed by atoms with Crippen LogP contribution in [0.15, 0.2) is 18.3 Å².